The molecule has 206 valence electrons. The highest BCUT2D eigenvalue weighted by atomic mass is 15.2. The Morgan fingerprint density at radius 2 is 0.786 bits per heavy atom. The molecule has 1 N–H and O–H groups in total. The average molecular weight is 546 g/mol. The molecule has 0 fully saturated rings. The molecular formula is C39H35N3. The summed E-state index contributed by atoms with van der Waals surface area (Å²) in [6, 6.07) is 53.8. The molecule has 0 saturated heterocycles. The molecule has 0 aromatic heterocycles. The lowest BCUT2D eigenvalue weighted by Crippen LogP contribution is -2.12. The van der Waals surface area contributed by atoms with E-state index in [9.17, 15) is 0 Å². The largest absolute Gasteiger partial charge is 0.356 e. The molecule has 0 aliphatic rings. The maximum atomic E-state index is 3.53. The van der Waals surface area contributed by atoms with Gasteiger partial charge in [-0.25, -0.2) is 0 Å². The van der Waals surface area contributed by atoms with Crippen LogP contribution in [0.25, 0.3) is 0 Å². The number of aryl methyl sites for hydroxylation is 3. The molecule has 0 heterocycles. The van der Waals surface area contributed by atoms with Gasteiger partial charge in [0.15, 0.2) is 0 Å². The van der Waals surface area contributed by atoms with E-state index < -0.39 is 0 Å². The zero-order chi connectivity index (χ0) is 28.9. The summed E-state index contributed by atoms with van der Waals surface area (Å²) in [6.45, 7) is 6.37. The number of anilines is 8. The van der Waals surface area contributed by atoms with Gasteiger partial charge >= 0.3 is 0 Å². The molecule has 6 rings (SSSR count). The summed E-state index contributed by atoms with van der Waals surface area (Å²) in [7, 11) is 0. The van der Waals surface area contributed by atoms with Gasteiger partial charge in [0.1, 0.15) is 0 Å². The van der Waals surface area contributed by atoms with Gasteiger partial charge < -0.3 is 15.1 Å². The first kappa shape index (κ1) is 26.9. The van der Waals surface area contributed by atoms with E-state index in [2.05, 4.69) is 188 Å². The molecule has 0 unspecified atom stereocenters. The van der Waals surface area contributed by atoms with Crippen molar-refractivity contribution in [2.75, 3.05) is 15.1 Å². The van der Waals surface area contributed by atoms with E-state index >= 15 is 0 Å². The number of hydrogen-bond acceptors (Lipinski definition) is 3. The van der Waals surface area contributed by atoms with Crippen molar-refractivity contribution in [2.45, 2.75) is 20.8 Å². The zero-order valence-electron chi connectivity index (χ0n) is 24.3. The third-order valence-corrected chi connectivity index (χ3v) is 7.36. The number of para-hydroxylation sites is 1. The van der Waals surface area contributed by atoms with Crippen molar-refractivity contribution in [3.8, 4) is 0 Å². The molecule has 6 aromatic carbocycles. The Morgan fingerprint density at radius 3 is 1.36 bits per heavy atom. The van der Waals surface area contributed by atoms with Crippen LogP contribution in [0.4, 0.5) is 45.5 Å². The number of hydrogen-bond donors (Lipinski definition) is 1. The van der Waals surface area contributed by atoms with Crippen LogP contribution in [0.15, 0.2) is 152 Å². The van der Waals surface area contributed by atoms with Gasteiger partial charge in [0.25, 0.3) is 0 Å². The smallest absolute Gasteiger partial charge is 0.0464 e. The summed E-state index contributed by atoms with van der Waals surface area (Å²) in [5.74, 6) is 0. The molecule has 0 radical (unpaired) electrons. The molecule has 0 aliphatic heterocycles. The first-order valence-electron chi connectivity index (χ1n) is 14.4. The number of rotatable bonds is 8. The minimum Gasteiger partial charge on any atom is -0.356 e. The highest BCUT2D eigenvalue weighted by molar-refractivity contribution is 5.81. The van der Waals surface area contributed by atoms with E-state index in [1.165, 1.54) is 16.7 Å². The summed E-state index contributed by atoms with van der Waals surface area (Å²) in [6.07, 6.45) is 0. The summed E-state index contributed by atoms with van der Waals surface area (Å²) in [4.78, 5) is 4.61. The average Bonchev–Trinajstić information content (AvgIpc) is 3.01. The number of nitrogens with zero attached hydrogens (tertiary/aromatic N) is 2. The highest BCUT2D eigenvalue weighted by Gasteiger charge is 2.16. The van der Waals surface area contributed by atoms with Crippen molar-refractivity contribution < 1.29 is 0 Å². The second-order valence-electron chi connectivity index (χ2n) is 10.7. The monoisotopic (exact) mass is 545 g/mol. The van der Waals surface area contributed by atoms with Crippen LogP contribution in [0, 0.1) is 20.8 Å². The Morgan fingerprint density at radius 1 is 0.333 bits per heavy atom. The molecule has 6 aromatic rings. The topological polar surface area (TPSA) is 18.5 Å². The van der Waals surface area contributed by atoms with Crippen LogP contribution in [-0.4, -0.2) is 0 Å². The van der Waals surface area contributed by atoms with Crippen LogP contribution in [0.1, 0.15) is 16.7 Å². The molecular weight excluding hydrogens is 510 g/mol. The molecule has 0 amide bonds. The van der Waals surface area contributed by atoms with E-state index in [4.69, 9.17) is 0 Å². The van der Waals surface area contributed by atoms with Gasteiger partial charge in [-0.2, -0.15) is 0 Å². The molecule has 0 bridgehead atoms. The van der Waals surface area contributed by atoms with Crippen LogP contribution < -0.4 is 15.1 Å². The molecule has 42 heavy (non-hydrogen) atoms. The lowest BCUT2D eigenvalue weighted by atomic mass is 10.1. The molecule has 0 spiro atoms. The first-order chi connectivity index (χ1) is 20.5. The van der Waals surface area contributed by atoms with Crippen LogP contribution in [0.5, 0.6) is 0 Å². The standard InChI is InChI=1S/C39H35N3/c1-29-15-19-35(20-16-29)41(36-21-17-32(18-22-36)40-33-11-7-9-30(2)27-33)37-23-25-38(26-24-37)42(34-12-5-4-6-13-34)39-14-8-10-31(3)28-39/h4-28,40H,1-3H3. The number of benzene rings is 6. The SMILES string of the molecule is Cc1ccc(N(c2ccc(Nc3cccc(C)c3)cc2)c2ccc(N(c3ccccc3)c3cccc(C)c3)cc2)cc1. The Hall–Kier alpha value is -5.28. The second kappa shape index (κ2) is 12.1. The van der Waals surface area contributed by atoms with Crippen LogP contribution in [0.3, 0.4) is 0 Å². The number of nitrogens with one attached hydrogen (secondary N) is 1. The Bertz CT molecular complexity index is 1760. The third-order valence-electron chi connectivity index (χ3n) is 7.36. The van der Waals surface area contributed by atoms with Gasteiger partial charge in [0, 0.05) is 45.5 Å². The third kappa shape index (κ3) is 6.06. The van der Waals surface area contributed by atoms with Crippen molar-refractivity contribution in [3.05, 3.63) is 168 Å². The quantitative estimate of drug-likeness (QED) is 0.205. The molecule has 0 aliphatic carbocycles. The van der Waals surface area contributed by atoms with E-state index in [1.807, 2.05) is 0 Å². The zero-order valence-corrected chi connectivity index (χ0v) is 24.3. The van der Waals surface area contributed by atoms with Crippen molar-refractivity contribution in [1.82, 2.24) is 0 Å². The van der Waals surface area contributed by atoms with Gasteiger partial charge in [0.05, 0.1) is 0 Å². The van der Waals surface area contributed by atoms with Crippen LogP contribution in [-0.2, 0) is 0 Å². The van der Waals surface area contributed by atoms with Crippen molar-refractivity contribution in [1.29, 1.82) is 0 Å². The van der Waals surface area contributed by atoms with Crippen LogP contribution >= 0.6 is 0 Å². The fourth-order valence-corrected chi connectivity index (χ4v) is 5.27. The van der Waals surface area contributed by atoms with E-state index in [1.54, 1.807) is 0 Å². The summed E-state index contributed by atoms with van der Waals surface area (Å²) in [5.41, 5.74) is 12.5. The Labute approximate surface area is 249 Å². The Balaban J connectivity index is 1.36. The summed E-state index contributed by atoms with van der Waals surface area (Å²) >= 11 is 0. The fraction of sp³-hybridized carbons (Fsp3) is 0.0769. The van der Waals surface area contributed by atoms with Crippen molar-refractivity contribution >= 4 is 45.5 Å². The second-order valence-corrected chi connectivity index (χ2v) is 10.7. The maximum Gasteiger partial charge on any atom is 0.0464 e. The van der Waals surface area contributed by atoms with Gasteiger partial charge in [-0.1, -0.05) is 60.2 Å². The van der Waals surface area contributed by atoms with E-state index in [-0.39, 0.29) is 0 Å². The predicted molar refractivity (Wildman–Crippen MR) is 180 cm³/mol. The molecule has 3 heteroatoms. The molecule has 3 nitrogen and oxygen atoms in total. The van der Waals surface area contributed by atoms with Gasteiger partial charge in [0.2, 0.25) is 0 Å². The first-order valence-corrected chi connectivity index (χ1v) is 14.4. The fourth-order valence-electron chi connectivity index (χ4n) is 5.27. The lowest BCUT2D eigenvalue weighted by Gasteiger charge is -2.28. The highest BCUT2D eigenvalue weighted by Crippen LogP contribution is 2.39. The maximum absolute atomic E-state index is 3.53. The minimum absolute atomic E-state index is 1.06. The summed E-state index contributed by atoms with van der Waals surface area (Å²) < 4.78 is 0. The molecule has 0 saturated carbocycles. The minimum atomic E-state index is 1.06. The lowest BCUT2D eigenvalue weighted by molar-refractivity contribution is 1.25. The Kier molecular flexibility index (Phi) is 7.74. The predicted octanol–water partition coefficient (Wildman–Crippen LogP) is 11.3. The van der Waals surface area contributed by atoms with Crippen LogP contribution in [0.2, 0.25) is 0 Å². The van der Waals surface area contributed by atoms with Gasteiger partial charge in [-0.05, 0) is 129 Å². The van der Waals surface area contributed by atoms with Crippen molar-refractivity contribution in [2.24, 2.45) is 0 Å². The normalized spacial score (nSPS) is 10.7. The summed E-state index contributed by atoms with van der Waals surface area (Å²) in [5, 5.41) is 3.53. The van der Waals surface area contributed by atoms with Crippen molar-refractivity contribution in [3.63, 3.8) is 0 Å². The van der Waals surface area contributed by atoms with Gasteiger partial charge in [-0.15, -0.1) is 0 Å². The van der Waals surface area contributed by atoms with E-state index in [0.717, 1.165) is 45.5 Å². The molecule has 0 atom stereocenters. The van der Waals surface area contributed by atoms with Gasteiger partial charge in [-0.3, -0.25) is 0 Å². The van der Waals surface area contributed by atoms with E-state index in [0.29, 0.717) is 0 Å².